The summed E-state index contributed by atoms with van der Waals surface area (Å²) in [6.45, 7) is 12.1. The zero-order valence-corrected chi connectivity index (χ0v) is 24.4. The molecule has 1 aliphatic heterocycles. The SMILES string of the molecule is CCOCCCNC(=O)[C@@H](CCC(=O)NC)NC(=O)CN1CCN(CC)CCN(C)CCN(CC(=O)O)CC1. The molecule has 0 aromatic carbocycles. The first-order valence-electron chi connectivity index (χ1n) is 14.1. The van der Waals surface area contributed by atoms with Crippen molar-refractivity contribution in [1.29, 1.82) is 0 Å². The van der Waals surface area contributed by atoms with Crippen molar-refractivity contribution in [2.45, 2.75) is 39.2 Å². The van der Waals surface area contributed by atoms with Crippen molar-refractivity contribution in [2.75, 3.05) is 106 Å². The Hall–Kier alpha value is -2.32. The normalized spacial score (nSPS) is 17.9. The summed E-state index contributed by atoms with van der Waals surface area (Å²) in [4.78, 5) is 57.6. The van der Waals surface area contributed by atoms with Crippen LogP contribution in [0.5, 0.6) is 0 Å². The molecule has 1 fully saturated rings. The van der Waals surface area contributed by atoms with Crippen LogP contribution < -0.4 is 16.0 Å². The second-order valence-corrected chi connectivity index (χ2v) is 9.86. The number of aliphatic carboxylic acids is 1. The highest BCUT2D eigenvalue weighted by Crippen LogP contribution is 2.02. The lowest BCUT2D eigenvalue weighted by molar-refractivity contribution is -0.138. The zero-order chi connectivity index (χ0) is 29.0. The van der Waals surface area contributed by atoms with E-state index in [1.807, 2.05) is 23.8 Å². The summed E-state index contributed by atoms with van der Waals surface area (Å²) in [5.41, 5.74) is 0. The Morgan fingerprint density at radius 3 is 2.05 bits per heavy atom. The Kier molecular flexibility index (Phi) is 18.3. The van der Waals surface area contributed by atoms with Gasteiger partial charge < -0.3 is 35.6 Å². The van der Waals surface area contributed by atoms with Gasteiger partial charge in [0.15, 0.2) is 0 Å². The number of carboxylic acid groups (broad SMARTS) is 1. The largest absolute Gasteiger partial charge is 0.480 e. The van der Waals surface area contributed by atoms with Gasteiger partial charge in [0, 0.05) is 85.6 Å². The van der Waals surface area contributed by atoms with Crippen LogP contribution in [0.3, 0.4) is 0 Å². The minimum absolute atomic E-state index is 0.0556. The molecule has 13 nitrogen and oxygen atoms in total. The van der Waals surface area contributed by atoms with Crippen LogP contribution >= 0.6 is 0 Å². The van der Waals surface area contributed by atoms with E-state index in [1.54, 1.807) is 0 Å². The number of ether oxygens (including phenoxy) is 1. The second kappa shape index (κ2) is 20.6. The average molecular weight is 558 g/mol. The molecule has 0 aromatic heterocycles. The first-order chi connectivity index (χ1) is 18.7. The van der Waals surface area contributed by atoms with Gasteiger partial charge in [-0.15, -0.1) is 0 Å². The summed E-state index contributed by atoms with van der Waals surface area (Å²) in [6.07, 6.45) is 0.952. The van der Waals surface area contributed by atoms with Gasteiger partial charge in [-0.05, 0) is 33.4 Å². The van der Waals surface area contributed by atoms with Crippen molar-refractivity contribution in [3.05, 3.63) is 0 Å². The van der Waals surface area contributed by atoms with Gasteiger partial charge in [0.1, 0.15) is 6.04 Å². The molecule has 1 atom stereocenters. The third kappa shape index (κ3) is 16.4. The molecular weight excluding hydrogens is 506 g/mol. The smallest absolute Gasteiger partial charge is 0.317 e. The molecule has 0 radical (unpaired) electrons. The summed E-state index contributed by atoms with van der Waals surface area (Å²) in [5, 5.41) is 17.5. The van der Waals surface area contributed by atoms with Crippen molar-refractivity contribution in [3.63, 3.8) is 0 Å². The minimum Gasteiger partial charge on any atom is -0.480 e. The fourth-order valence-corrected chi connectivity index (χ4v) is 4.23. The number of hydrogen-bond donors (Lipinski definition) is 4. The summed E-state index contributed by atoms with van der Waals surface area (Å²) >= 11 is 0. The van der Waals surface area contributed by atoms with Crippen LogP contribution in [-0.2, 0) is 23.9 Å². The third-order valence-electron chi connectivity index (χ3n) is 6.79. The van der Waals surface area contributed by atoms with E-state index >= 15 is 0 Å². The molecule has 13 heteroatoms. The second-order valence-electron chi connectivity index (χ2n) is 9.86. The van der Waals surface area contributed by atoms with E-state index in [1.165, 1.54) is 7.05 Å². The molecule has 1 heterocycles. The van der Waals surface area contributed by atoms with E-state index in [-0.39, 0.29) is 43.7 Å². The number of hydrogen-bond acceptors (Lipinski definition) is 9. The highest BCUT2D eigenvalue weighted by atomic mass is 16.5. The van der Waals surface area contributed by atoms with Crippen LogP contribution in [0, 0.1) is 0 Å². The fourth-order valence-electron chi connectivity index (χ4n) is 4.23. The first kappa shape index (κ1) is 34.7. The Bertz CT molecular complexity index is 742. The Labute approximate surface area is 233 Å². The maximum atomic E-state index is 13.1. The van der Waals surface area contributed by atoms with Crippen LogP contribution in [-0.4, -0.2) is 160 Å². The van der Waals surface area contributed by atoms with Crippen LogP contribution in [0.15, 0.2) is 0 Å². The third-order valence-corrected chi connectivity index (χ3v) is 6.79. The van der Waals surface area contributed by atoms with E-state index < -0.39 is 12.0 Å². The number of likely N-dealkylation sites (N-methyl/N-ethyl adjacent to an activating group) is 2. The van der Waals surface area contributed by atoms with Gasteiger partial charge in [-0.25, -0.2) is 0 Å². The van der Waals surface area contributed by atoms with Gasteiger partial charge in [0.05, 0.1) is 13.1 Å². The van der Waals surface area contributed by atoms with Gasteiger partial charge in [-0.2, -0.15) is 0 Å². The van der Waals surface area contributed by atoms with E-state index in [2.05, 4.69) is 32.7 Å². The molecule has 0 unspecified atom stereocenters. The molecule has 0 saturated carbocycles. The molecule has 0 bridgehead atoms. The Balaban J connectivity index is 2.85. The van der Waals surface area contributed by atoms with Crippen LogP contribution in [0.2, 0.25) is 0 Å². The number of nitrogens with one attached hydrogen (secondary N) is 3. The maximum Gasteiger partial charge on any atom is 0.317 e. The lowest BCUT2D eigenvalue weighted by Gasteiger charge is -2.32. The molecular formula is C26H51N7O6. The fraction of sp³-hybridized carbons (Fsp3) is 0.846. The van der Waals surface area contributed by atoms with Crippen LogP contribution in [0.1, 0.15) is 33.1 Å². The number of amides is 3. The molecule has 3 amide bonds. The monoisotopic (exact) mass is 557 g/mol. The number of carboxylic acids is 1. The average Bonchev–Trinajstić information content (AvgIpc) is 2.90. The van der Waals surface area contributed by atoms with Gasteiger partial charge in [-0.1, -0.05) is 6.92 Å². The molecule has 226 valence electrons. The topological polar surface area (TPSA) is 147 Å². The number of carbonyl (C=O) groups excluding carboxylic acids is 3. The van der Waals surface area contributed by atoms with Crippen molar-refractivity contribution >= 4 is 23.7 Å². The van der Waals surface area contributed by atoms with E-state index in [0.29, 0.717) is 52.4 Å². The first-order valence-corrected chi connectivity index (χ1v) is 14.1. The minimum atomic E-state index is -0.877. The summed E-state index contributed by atoms with van der Waals surface area (Å²) in [6, 6.07) is -0.833. The summed E-state index contributed by atoms with van der Waals surface area (Å²) < 4.78 is 5.30. The predicted molar refractivity (Wildman–Crippen MR) is 149 cm³/mol. The Morgan fingerprint density at radius 1 is 0.872 bits per heavy atom. The molecule has 39 heavy (non-hydrogen) atoms. The highest BCUT2D eigenvalue weighted by molar-refractivity contribution is 5.89. The van der Waals surface area contributed by atoms with Gasteiger partial charge in [-0.3, -0.25) is 29.0 Å². The quantitative estimate of drug-likeness (QED) is 0.175. The van der Waals surface area contributed by atoms with E-state index in [9.17, 15) is 24.3 Å². The summed E-state index contributed by atoms with van der Waals surface area (Å²) in [5.74, 6) is -1.71. The molecule has 4 N–H and O–H groups in total. The van der Waals surface area contributed by atoms with Gasteiger partial charge in [0.25, 0.3) is 0 Å². The van der Waals surface area contributed by atoms with Crippen molar-refractivity contribution in [1.82, 2.24) is 35.6 Å². The molecule has 0 aliphatic carbocycles. The molecule has 0 aromatic rings. The van der Waals surface area contributed by atoms with Gasteiger partial charge in [0.2, 0.25) is 17.7 Å². The number of rotatable bonds is 15. The lowest BCUT2D eigenvalue weighted by atomic mass is 10.1. The maximum absolute atomic E-state index is 13.1. The van der Waals surface area contributed by atoms with Gasteiger partial charge >= 0.3 is 5.97 Å². The standard InChI is InChI=1S/C26H51N7O6/c1-5-31-13-11-30(4)12-14-33(21-25(36)37)18-17-32(16-15-31)20-24(35)29-22(8-9-23(34)27-3)26(38)28-10-7-19-39-6-2/h22H,5-21H2,1-4H3,(H,27,34)(H,28,38)(H,29,35)(H,36,37)/t22-/m1/s1. The van der Waals surface area contributed by atoms with E-state index in [4.69, 9.17) is 4.74 Å². The molecule has 1 rings (SSSR count). The Morgan fingerprint density at radius 2 is 1.46 bits per heavy atom. The molecule has 0 spiro atoms. The van der Waals surface area contributed by atoms with Crippen LogP contribution in [0.4, 0.5) is 0 Å². The highest BCUT2D eigenvalue weighted by Gasteiger charge is 2.23. The number of nitrogens with zero attached hydrogens (tertiary/aromatic N) is 4. The van der Waals surface area contributed by atoms with Crippen molar-refractivity contribution in [3.8, 4) is 0 Å². The van der Waals surface area contributed by atoms with E-state index in [0.717, 1.165) is 32.7 Å². The molecule has 1 saturated heterocycles. The molecule has 1 aliphatic rings. The number of carbonyl (C=O) groups is 4. The van der Waals surface area contributed by atoms with Crippen LogP contribution in [0.25, 0.3) is 0 Å². The van der Waals surface area contributed by atoms with Crippen molar-refractivity contribution < 1.29 is 29.0 Å². The lowest BCUT2D eigenvalue weighted by Crippen LogP contribution is -2.52. The van der Waals surface area contributed by atoms with Crippen molar-refractivity contribution in [2.24, 2.45) is 0 Å². The zero-order valence-electron chi connectivity index (χ0n) is 24.4. The predicted octanol–water partition coefficient (Wildman–Crippen LogP) is -1.50. The summed E-state index contributed by atoms with van der Waals surface area (Å²) in [7, 11) is 3.58.